The molecule has 12 heavy (non-hydrogen) atoms. The van der Waals surface area contributed by atoms with Gasteiger partial charge in [0.25, 0.3) is 5.91 Å². The van der Waals surface area contributed by atoms with Crippen LogP contribution in [-0.2, 0) is 0 Å². The van der Waals surface area contributed by atoms with Crippen molar-refractivity contribution in [1.29, 1.82) is 0 Å². The van der Waals surface area contributed by atoms with Crippen LogP contribution in [0.3, 0.4) is 0 Å². The molecule has 64 valence electrons. The summed E-state index contributed by atoms with van der Waals surface area (Å²) in [6.45, 7) is 0. The summed E-state index contributed by atoms with van der Waals surface area (Å²) in [6.07, 6.45) is 0. The van der Waals surface area contributed by atoms with E-state index in [9.17, 15) is 4.79 Å². The molecular weight excluding hydrogens is 222 g/mol. The van der Waals surface area contributed by atoms with Gasteiger partial charge in [0.1, 0.15) is 0 Å². The number of amides is 1. The largest absolute Gasteiger partial charge is 0.398 e. The Morgan fingerprint density at radius 1 is 1.50 bits per heavy atom. The molecule has 0 aliphatic heterocycles. The second-order valence-electron chi connectivity index (χ2n) is 2.21. The van der Waals surface area contributed by atoms with E-state index in [1.165, 1.54) is 0 Å². The number of carbonyl (C=O) groups is 1. The molecule has 4 nitrogen and oxygen atoms in total. The summed E-state index contributed by atoms with van der Waals surface area (Å²) in [5.74, 6) is 4.61. The number of anilines is 1. The minimum Gasteiger partial charge on any atom is -0.398 e. The number of hydrogen-bond acceptors (Lipinski definition) is 3. The van der Waals surface area contributed by atoms with E-state index in [1.54, 1.807) is 18.2 Å². The fourth-order valence-electron chi connectivity index (χ4n) is 0.752. The quantitative estimate of drug-likeness (QED) is 0.286. The Labute approximate surface area is 78.0 Å². The van der Waals surface area contributed by atoms with Crippen LogP contribution >= 0.6 is 15.9 Å². The highest BCUT2D eigenvalue weighted by atomic mass is 79.9. The molecule has 0 radical (unpaired) electrons. The van der Waals surface area contributed by atoms with Gasteiger partial charge in [0, 0.05) is 15.7 Å². The van der Waals surface area contributed by atoms with E-state index in [-0.39, 0.29) is 5.91 Å². The molecule has 0 fully saturated rings. The molecule has 1 aromatic rings. The highest BCUT2D eigenvalue weighted by Gasteiger charge is 2.04. The lowest BCUT2D eigenvalue weighted by molar-refractivity contribution is 0.0953. The summed E-state index contributed by atoms with van der Waals surface area (Å²) < 4.78 is 0.684. The fourth-order valence-corrected chi connectivity index (χ4v) is 1.13. The monoisotopic (exact) mass is 229 g/mol. The Kier molecular flexibility index (Phi) is 2.67. The van der Waals surface area contributed by atoms with E-state index in [4.69, 9.17) is 11.6 Å². The van der Waals surface area contributed by atoms with Crippen LogP contribution in [0.25, 0.3) is 0 Å². The standard InChI is InChI=1S/C7H8BrN3O/c8-5-3-4(7(12)11-10)1-2-6(5)9/h1-3H,9-10H2,(H,11,12). The second kappa shape index (κ2) is 3.55. The maximum Gasteiger partial charge on any atom is 0.265 e. The number of rotatable bonds is 1. The number of nitrogens with one attached hydrogen (secondary N) is 1. The van der Waals surface area contributed by atoms with Crippen LogP contribution in [0.1, 0.15) is 10.4 Å². The molecule has 0 aromatic heterocycles. The number of benzene rings is 1. The van der Waals surface area contributed by atoms with Crippen LogP contribution in [-0.4, -0.2) is 5.91 Å². The molecule has 1 amide bonds. The first kappa shape index (κ1) is 9.02. The molecule has 0 aliphatic rings. The first-order valence-corrected chi connectivity index (χ1v) is 4.00. The average molecular weight is 230 g/mol. The SMILES string of the molecule is NNC(=O)c1ccc(N)c(Br)c1. The summed E-state index contributed by atoms with van der Waals surface area (Å²) >= 11 is 3.20. The normalized spacial score (nSPS) is 9.50. The fraction of sp³-hybridized carbons (Fsp3) is 0. The zero-order valence-electron chi connectivity index (χ0n) is 6.17. The molecule has 1 rings (SSSR count). The number of hydrazine groups is 1. The topological polar surface area (TPSA) is 81.1 Å². The van der Waals surface area contributed by atoms with Crippen LogP contribution in [0.15, 0.2) is 22.7 Å². The molecule has 0 atom stereocenters. The van der Waals surface area contributed by atoms with Crippen molar-refractivity contribution < 1.29 is 4.79 Å². The van der Waals surface area contributed by atoms with Crippen molar-refractivity contribution in [3.05, 3.63) is 28.2 Å². The summed E-state index contributed by atoms with van der Waals surface area (Å²) in [6, 6.07) is 4.84. The average Bonchev–Trinajstić information content (AvgIpc) is 2.08. The van der Waals surface area contributed by atoms with Gasteiger partial charge in [0.05, 0.1) is 0 Å². The number of nitrogens with two attached hydrogens (primary N) is 2. The van der Waals surface area contributed by atoms with Crippen LogP contribution in [0.2, 0.25) is 0 Å². The summed E-state index contributed by atoms with van der Waals surface area (Å²) in [5.41, 5.74) is 8.61. The Hall–Kier alpha value is -1.07. The number of hydrogen-bond donors (Lipinski definition) is 3. The molecule has 5 heteroatoms. The van der Waals surface area contributed by atoms with Crippen LogP contribution in [0.4, 0.5) is 5.69 Å². The van der Waals surface area contributed by atoms with E-state index < -0.39 is 0 Å². The van der Waals surface area contributed by atoms with Crippen molar-refractivity contribution >= 4 is 27.5 Å². The van der Waals surface area contributed by atoms with Crippen LogP contribution in [0, 0.1) is 0 Å². The third-order valence-corrected chi connectivity index (χ3v) is 2.08. The van der Waals surface area contributed by atoms with E-state index >= 15 is 0 Å². The highest BCUT2D eigenvalue weighted by molar-refractivity contribution is 9.10. The third kappa shape index (κ3) is 1.75. The minimum atomic E-state index is -0.337. The number of nitrogen functional groups attached to an aromatic ring is 2. The maximum atomic E-state index is 11.0. The van der Waals surface area contributed by atoms with Gasteiger partial charge in [0.15, 0.2) is 0 Å². The summed E-state index contributed by atoms with van der Waals surface area (Å²) in [5, 5.41) is 0. The number of carbonyl (C=O) groups excluding carboxylic acids is 1. The molecule has 1 aromatic carbocycles. The lowest BCUT2D eigenvalue weighted by atomic mass is 10.2. The van der Waals surface area contributed by atoms with Gasteiger partial charge in [0.2, 0.25) is 0 Å². The first-order valence-electron chi connectivity index (χ1n) is 3.21. The molecular formula is C7H8BrN3O. The van der Waals surface area contributed by atoms with Gasteiger partial charge in [-0.05, 0) is 34.1 Å². The van der Waals surface area contributed by atoms with Crippen molar-refractivity contribution in [2.45, 2.75) is 0 Å². The summed E-state index contributed by atoms with van der Waals surface area (Å²) in [4.78, 5) is 11.0. The maximum absolute atomic E-state index is 11.0. The lowest BCUT2D eigenvalue weighted by Crippen LogP contribution is -2.29. The van der Waals surface area contributed by atoms with E-state index in [2.05, 4.69) is 15.9 Å². The van der Waals surface area contributed by atoms with Gasteiger partial charge in [-0.15, -0.1) is 0 Å². The molecule has 5 N–H and O–H groups in total. The minimum absolute atomic E-state index is 0.337. The molecule has 0 unspecified atom stereocenters. The van der Waals surface area contributed by atoms with E-state index in [0.717, 1.165) is 0 Å². The van der Waals surface area contributed by atoms with Crippen molar-refractivity contribution in [3.8, 4) is 0 Å². The van der Waals surface area contributed by atoms with Gasteiger partial charge >= 0.3 is 0 Å². The van der Waals surface area contributed by atoms with Gasteiger partial charge in [-0.25, -0.2) is 5.84 Å². The van der Waals surface area contributed by atoms with Gasteiger partial charge in [-0.1, -0.05) is 0 Å². The number of halogens is 1. The van der Waals surface area contributed by atoms with Crippen LogP contribution < -0.4 is 17.0 Å². The predicted octanol–water partition coefficient (Wildman–Crippen LogP) is 0.635. The Morgan fingerprint density at radius 2 is 2.17 bits per heavy atom. The summed E-state index contributed by atoms with van der Waals surface area (Å²) in [7, 11) is 0. The van der Waals surface area contributed by atoms with Crippen molar-refractivity contribution in [2.75, 3.05) is 5.73 Å². The van der Waals surface area contributed by atoms with Gasteiger partial charge < -0.3 is 5.73 Å². The van der Waals surface area contributed by atoms with Gasteiger partial charge in [-0.3, -0.25) is 10.2 Å². The van der Waals surface area contributed by atoms with Crippen molar-refractivity contribution in [3.63, 3.8) is 0 Å². The van der Waals surface area contributed by atoms with Crippen LogP contribution in [0.5, 0.6) is 0 Å². The van der Waals surface area contributed by atoms with Crippen molar-refractivity contribution in [2.24, 2.45) is 5.84 Å². The third-order valence-electron chi connectivity index (χ3n) is 1.39. The van der Waals surface area contributed by atoms with E-state index in [1.807, 2.05) is 5.43 Å². The lowest BCUT2D eigenvalue weighted by Gasteiger charge is -2.01. The molecule has 0 saturated heterocycles. The Morgan fingerprint density at radius 3 is 2.67 bits per heavy atom. The molecule has 0 bridgehead atoms. The highest BCUT2D eigenvalue weighted by Crippen LogP contribution is 2.19. The molecule has 0 spiro atoms. The molecule has 0 saturated carbocycles. The van der Waals surface area contributed by atoms with E-state index in [0.29, 0.717) is 15.7 Å². The Bertz CT molecular complexity index is 314. The van der Waals surface area contributed by atoms with Gasteiger partial charge in [-0.2, -0.15) is 0 Å². The second-order valence-corrected chi connectivity index (χ2v) is 3.06. The predicted molar refractivity (Wildman–Crippen MR) is 50.2 cm³/mol. The smallest absolute Gasteiger partial charge is 0.265 e. The molecule has 0 aliphatic carbocycles. The Balaban J connectivity index is 3.05. The molecule has 0 heterocycles. The zero-order chi connectivity index (χ0) is 9.14. The zero-order valence-corrected chi connectivity index (χ0v) is 7.76. The first-order chi connectivity index (χ1) is 5.65. The van der Waals surface area contributed by atoms with Crippen molar-refractivity contribution in [1.82, 2.24) is 5.43 Å².